The van der Waals surface area contributed by atoms with Gasteiger partial charge in [-0.2, -0.15) is 0 Å². The number of benzene rings is 1. The number of terminal acetylenes is 1. The molecule has 4 heteroatoms. The van der Waals surface area contributed by atoms with E-state index in [2.05, 4.69) is 16.1 Å². The number of carbonyl (C=O) groups excluding carboxylic acids is 1. The van der Waals surface area contributed by atoms with Crippen molar-refractivity contribution in [1.82, 2.24) is 10.2 Å². The van der Waals surface area contributed by atoms with E-state index in [-0.39, 0.29) is 5.91 Å². The first-order valence-corrected chi connectivity index (χ1v) is 8.41. The maximum absolute atomic E-state index is 12.1. The number of hydrogen-bond donors (Lipinski definition) is 1. The van der Waals surface area contributed by atoms with Gasteiger partial charge in [0.1, 0.15) is 12.4 Å². The third kappa shape index (κ3) is 6.33. The monoisotopic (exact) mass is 314 g/mol. The Balaban J connectivity index is 1.68. The van der Waals surface area contributed by atoms with Crippen molar-refractivity contribution in [3.8, 4) is 18.1 Å². The van der Waals surface area contributed by atoms with E-state index in [0.717, 1.165) is 18.6 Å². The highest BCUT2D eigenvalue weighted by atomic mass is 16.5. The molecule has 0 unspecified atom stereocenters. The molecular weight excluding hydrogens is 288 g/mol. The lowest BCUT2D eigenvalue weighted by atomic mass is 9.94. The Morgan fingerprint density at radius 1 is 1.26 bits per heavy atom. The van der Waals surface area contributed by atoms with E-state index in [1.54, 1.807) is 0 Å². The van der Waals surface area contributed by atoms with Crippen LogP contribution in [0.25, 0.3) is 0 Å². The summed E-state index contributed by atoms with van der Waals surface area (Å²) in [5.41, 5.74) is 0. The molecule has 0 atom stereocenters. The fourth-order valence-corrected chi connectivity index (χ4v) is 2.99. The Morgan fingerprint density at radius 3 is 2.70 bits per heavy atom. The van der Waals surface area contributed by atoms with Gasteiger partial charge in [-0.3, -0.25) is 9.69 Å². The zero-order valence-electron chi connectivity index (χ0n) is 13.7. The molecule has 1 aromatic carbocycles. The molecule has 0 saturated heterocycles. The van der Waals surface area contributed by atoms with Crippen LogP contribution in [-0.4, -0.2) is 43.1 Å². The predicted molar refractivity (Wildman–Crippen MR) is 92.2 cm³/mol. The fraction of sp³-hybridized carbons (Fsp3) is 0.526. The highest BCUT2D eigenvalue weighted by Gasteiger charge is 2.22. The molecule has 0 aliphatic heterocycles. The molecule has 124 valence electrons. The van der Waals surface area contributed by atoms with E-state index in [0.29, 0.717) is 32.3 Å². The quantitative estimate of drug-likeness (QED) is 0.592. The van der Waals surface area contributed by atoms with Crippen LogP contribution in [0.15, 0.2) is 30.3 Å². The van der Waals surface area contributed by atoms with Crippen LogP contribution in [-0.2, 0) is 4.79 Å². The average molecular weight is 314 g/mol. The number of amides is 1. The van der Waals surface area contributed by atoms with Crippen molar-refractivity contribution in [3.05, 3.63) is 30.3 Å². The molecule has 0 spiro atoms. The number of nitrogens with zero attached hydrogens (tertiary/aromatic N) is 1. The minimum atomic E-state index is 0.0162. The normalized spacial score (nSPS) is 15.1. The van der Waals surface area contributed by atoms with Crippen molar-refractivity contribution in [3.63, 3.8) is 0 Å². The van der Waals surface area contributed by atoms with E-state index in [9.17, 15) is 4.79 Å². The number of rotatable bonds is 8. The molecule has 0 heterocycles. The second kappa shape index (κ2) is 9.91. The van der Waals surface area contributed by atoms with Crippen LogP contribution in [0.1, 0.15) is 32.1 Å². The Labute approximate surface area is 139 Å². The molecule has 0 radical (unpaired) electrons. The van der Waals surface area contributed by atoms with Gasteiger partial charge in [-0.15, -0.1) is 6.42 Å². The molecule has 1 aliphatic carbocycles. The maximum atomic E-state index is 12.1. The summed E-state index contributed by atoms with van der Waals surface area (Å²) in [5.74, 6) is 3.51. The summed E-state index contributed by atoms with van der Waals surface area (Å²) in [7, 11) is 0. The van der Waals surface area contributed by atoms with Gasteiger partial charge in [-0.25, -0.2) is 0 Å². The minimum Gasteiger partial charge on any atom is -0.492 e. The molecule has 1 amide bonds. The fourth-order valence-electron chi connectivity index (χ4n) is 2.99. The third-order valence-corrected chi connectivity index (χ3v) is 4.17. The molecule has 1 fully saturated rings. The van der Waals surface area contributed by atoms with Crippen LogP contribution in [0, 0.1) is 12.3 Å². The van der Waals surface area contributed by atoms with Gasteiger partial charge in [0, 0.05) is 6.04 Å². The lowest BCUT2D eigenvalue weighted by molar-refractivity contribution is -0.122. The molecule has 23 heavy (non-hydrogen) atoms. The molecule has 0 bridgehead atoms. The first-order chi connectivity index (χ1) is 11.3. The second-order valence-corrected chi connectivity index (χ2v) is 5.91. The number of ether oxygens (including phenoxy) is 1. The largest absolute Gasteiger partial charge is 0.492 e. The SMILES string of the molecule is C#CCN(CC(=O)NCCOc1ccccc1)C1CCCCC1. The van der Waals surface area contributed by atoms with E-state index in [1.807, 2.05) is 30.3 Å². The van der Waals surface area contributed by atoms with Gasteiger partial charge in [0.15, 0.2) is 0 Å². The molecular formula is C19H26N2O2. The highest BCUT2D eigenvalue weighted by Crippen LogP contribution is 2.22. The van der Waals surface area contributed by atoms with Crippen molar-refractivity contribution >= 4 is 5.91 Å². The van der Waals surface area contributed by atoms with Crippen molar-refractivity contribution in [2.75, 3.05) is 26.2 Å². The van der Waals surface area contributed by atoms with Crippen molar-refractivity contribution < 1.29 is 9.53 Å². The van der Waals surface area contributed by atoms with Gasteiger partial charge in [0.05, 0.1) is 19.6 Å². The average Bonchev–Trinajstić information content (AvgIpc) is 2.60. The zero-order chi connectivity index (χ0) is 16.3. The molecule has 1 saturated carbocycles. The summed E-state index contributed by atoms with van der Waals surface area (Å²) in [4.78, 5) is 14.2. The van der Waals surface area contributed by atoms with Crippen LogP contribution in [0.3, 0.4) is 0 Å². The van der Waals surface area contributed by atoms with Crippen LogP contribution >= 0.6 is 0 Å². The van der Waals surface area contributed by atoms with E-state index < -0.39 is 0 Å². The van der Waals surface area contributed by atoms with Crippen LogP contribution in [0.5, 0.6) is 5.75 Å². The van der Waals surface area contributed by atoms with Crippen molar-refractivity contribution in [2.24, 2.45) is 0 Å². The first-order valence-electron chi connectivity index (χ1n) is 8.41. The first kappa shape index (κ1) is 17.4. The summed E-state index contributed by atoms with van der Waals surface area (Å²) >= 11 is 0. The third-order valence-electron chi connectivity index (χ3n) is 4.17. The molecule has 1 aliphatic rings. The summed E-state index contributed by atoms with van der Waals surface area (Å²) < 4.78 is 5.56. The smallest absolute Gasteiger partial charge is 0.234 e. The number of para-hydroxylation sites is 1. The predicted octanol–water partition coefficient (Wildman–Crippen LogP) is 2.45. The van der Waals surface area contributed by atoms with Gasteiger partial charge in [-0.1, -0.05) is 43.4 Å². The van der Waals surface area contributed by atoms with Gasteiger partial charge < -0.3 is 10.1 Å². The van der Waals surface area contributed by atoms with Crippen LogP contribution in [0.2, 0.25) is 0 Å². The minimum absolute atomic E-state index is 0.0162. The Bertz CT molecular complexity index is 504. The summed E-state index contributed by atoms with van der Waals surface area (Å²) in [6.07, 6.45) is 11.5. The number of nitrogens with one attached hydrogen (secondary N) is 1. The zero-order valence-corrected chi connectivity index (χ0v) is 13.7. The lowest BCUT2D eigenvalue weighted by Crippen LogP contribution is -2.44. The Hall–Kier alpha value is -1.99. The van der Waals surface area contributed by atoms with E-state index >= 15 is 0 Å². The van der Waals surface area contributed by atoms with Gasteiger partial charge in [0.2, 0.25) is 5.91 Å². The molecule has 1 N–H and O–H groups in total. The van der Waals surface area contributed by atoms with Gasteiger partial charge in [-0.05, 0) is 25.0 Å². The standard InChI is InChI=1S/C19H26N2O2/c1-2-14-21(17-9-5-3-6-10-17)16-19(22)20-13-15-23-18-11-7-4-8-12-18/h1,4,7-8,11-12,17H,3,5-6,9-10,13-16H2,(H,20,22). The maximum Gasteiger partial charge on any atom is 0.234 e. The number of carbonyl (C=O) groups is 1. The number of hydrogen-bond acceptors (Lipinski definition) is 3. The Morgan fingerprint density at radius 2 is 2.00 bits per heavy atom. The molecule has 4 nitrogen and oxygen atoms in total. The second-order valence-electron chi connectivity index (χ2n) is 5.91. The Kier molecular flexibility index (Phi) is 7.48. The van der Waals surface area contributed by atoms with Crippen LogP contribution in [0.4, 0.5) is 0 Å². The summed E-state index contributed by atoms with van der Waals surface area (Å²) in [6, 6.07) is 10.1. The van der Waals surface area contributed by atoms with Crippen molar-refractivity contribution in [2.45, 2.75) is 38.1 Å². The summed E-state index contributed by atoms with van der Waals surface area (Å²) in [5, 5.41) is 2.91. The van der Waals surface area contributed by atoms with Crippen LogP contribution < -0.4 is 10.1 Å². The summed E-state index contributed by atoms with van der Waals surface area (Å²) in [6.45, 7) is 1.88. The van der Waals surface area contributed by atoms with Gasteiger partial charge >= 0.3 is 0 Å². The van der Waals surface area contributed by atoms with Gasteiger partial charge in [0.25, 0.3) is 0 Å². The topological polar surface area (TPSA) is 41.6 Å². The van der Waals surface area contributed by atoms with E-state index in [4.69, 9.17) is 11.2 Å². The molecule has 1 aromatic rings. The molecule has 2 rings (SSSR count). The highest BCUT2D eigenvalue weighted by molar-refractivity contribution is 5.78. The van der Waals surface area contributed by atoms with Crippen molar-refractivity contribution in [1.29, 1.82) is 0 Å². The lowest BCUT2D eigenvalue weighted by Gasteiger charge is -2.32. The van der Waals surface area contributed by atoms with E-state index in [1.165, 1.54) is 19.3 Å². The molecule has 0 aromatic heterocycles.